The summed E-state index contributed by atoms with van der Waals surface area (Å²) in [7, 11) is 0. The Bertz CT molecular complexity index is 1560. The molecule has 206 valence electrons. The van der Waals surface area contributed by atoms with Gasteiger partial charge in [-0.3, -0.25) is 9.69 Å². The average Bonchev–Trinajstić information content (AvgIpc) is 3.55. The molecule has 1 aliphatic carbocycles. The number of benzene rings is 1. The Balaban J connectivity index is 1.28. The Labute approximate surface area is 240 Å². The number of nitrogens with one attached hydrogen (secondary N) is 3. The standard InChI is InChI=1S/C29H29ClN6O3S/c1-17-15-23(39-18-7-3-2-4-8-18)33-16-22(17)36-21-11-14-32-28-24(21)25(35-29(36)38)26(40-28)27(37)34-20-10-5-9-19(20)31-13-6-12-30/h2-4,7-8,11,14-16,19-20,31H,5-6,9-10,12-13H2,1H3,(H,34,37)(H,35,38)/t19-,20+/m0/s1. The number of carbonyl (C=O) groups is 2. The van der Waals surface area contributed by atoms with Crippen molar-refractivity contribution in [1.82, 2.24) is 20.6 Å². The first-order valence-electron chi connectivity index (χ1n) is 13.4. The monoisotopic (exact) mass is 576 g/mol. The van der Waals surface area contributed by atoms with Gasteiger partial charge in [-0.25, -0.2) is 14.8 Å². The van der Waals surface area contributed by atoms with E-state index in [9.17, 15) is 9.59 Å². The van der Waals surface area contributed by atoms with E-state index in [1.54, 1.807) is 29.4 Å². The van der Waals surface area contributed by atoms with Crippen LogP contribution < -0.4 is 25.6 Å². The number of urea groups is 1. The predicted octanol–water partition coefficient (Wildman–Crippen LogP) is 6.35. The molecule has 3 aromatic heterocycles. The van der Waals surface area contributed by atoms with E-state index in [-0.39, 0.29) is 24.0 Å². The van der Waals surface area contributed by atoms with Crippen LogP contribution in [0.1, 0.15) is 40.9 Å². The molecule has 40 heavy (non-hydrogen) atoms. The van der Waals surface area contributed by atoms with Crippen LogP contribution in [0.3, 0.4) is 0 Å². The Morgan fingerprint density at radius 1 is 1.18 bits per heavy atom. The molecule has 3 amide bonds. The maximum absolute atomic E-state index is 13.5. The van der Waals surface area contributed by atoms with Crippen molar-refractivity contribution in [3.05, 3.63) is 65.3 Å². The van der Waals surface area contributed by atoms with E-state index in [0.29, 0.717) is 44.3 Å². The molecular formula is C29H29ClN6O3S. The van der Waals surface area contributed by atoms with Crippen LogP contribution in [0.5, 0.6) is 11.6 Å². The highest BCUT2D eigenvalue weighted by atomic mass is 35.5. The van der Waals surface area contributed by atoms with Gasteiger partial charge in [0, 0.05) is 30.2 Å². The molecule has 0 spiro atoms. The number of pyridine rings is 2. The molecule has 11 heteroatoms. The second-order valence-corrected chi connectivity index (χ2v) is 11.3. The van der Waals surface area contributed by atoms with Crippen LogP contribution in [-0.4, -0.2) is 46.4 Å². The fraction of sp³-hybridized carbons (Fsp3) is 0.310. The summed E-state index contributed by atoms with van der Waals surface area (Å²) in [6, 6.07) is 12.9. The van der Waals surface area contributed by atoms with Gasteiger partial charge in [-0.2, -0.15) is 0 Å². The molecule has 6 rings (SSSR count). The Morgan fingerprint density at radius 3 is 2.80 bits per heavy atom. The quantitative estimate of drug-likeness (QED) is 0.158. The van der Waals surface area contributed by atoms with E-state index in [1.807, 2.05) is 37.3 Å². The minimum Gasteiger partial charge on any atom is -0.439 e. The number of para-hydroxylation sites is 1. The first-order chi connectivity index (χ1) is 19.5. The lowest BCUT2D eigenvalue weighted by molar-refractivity contribution is 0.0937. The summed E-state index contributed by atoms with van der Waals surface area (Å²) in [5, 5.41) is 10.4. The third kappa shape index (κ3) is 5.10. The topological polar surface area (TPSA) is 108 Å². The minimum absolute atomic E-state index is 0.0220. The lowest BCUT2D eigenvalue weighted by Gasteiger charge is -2.29. The molecule has 4 heterocycles. The Kier molecular flexibility index (Phi) is 7.55. The molecule has 0 radical (unpaired) electrons. The number of aryl methyl sites for hydroxylation is 1. The average molecular weight is 577 g/mol. The summed E-state index contributed by atoms with van der Waals surface area (Å²) in [6.45, 7) is 2.73. The fourth-order valence-corrected chi connectivity index (χ4v) is 6.53. The number of thiophene rings is 1. The summed E-state index contributed by atoms with van der Waals surface area (Å²) in [5.74, 6) is 1.52. The van der Waals surface area contributed by atoms with E-state index >= 15 is 0 Å². The van der Waals surface area contributed by atoms with Crippen molar-refractivity contribution in [2.45, 2.75) is 44.7 Å². The van der Waals surface area contributed by atoms with Gasteiger partial charge in [0.05, 0.1) is 28.6 Å². The van der Waals surface area contributed by atoms with Crippen molar-refractivity contribution in [3.63, 3.8) is 0 Å². The lowest BCUT2D eigenvalue weighted by atomic mass is 10.1. The number of carbonyl (C=O) groups excluding carboxylic acids is 2. The van der Waals surface area contributed by atoms with Crippen molar-refractivity contribution >= 4 is 62.2 Å². The molecule has 0 bridgehead atoms. The molecular weight excluding hydrogens is 548 g/mol. The summed E-state index contributed by atoms with van der Waals surface area (Å²) in [4.78, 5) is 38.7. The van der Waals surface area contributed by atoms with Crippen molar-refractivity contribution in [2.75, 3.05) is 22.6 Å². The van der Waals surface area contributed by atoms with Gasteiger partial charge in [-0.15, -0.1) is 22.9 Å². The Hall–Kier alpha value is -3.73. The number of rotatable bonds is 9. The number of amides is 3. The van der Waals surface area contributed by atoms with Crippen molar-refractivity contribution in [3.8, 4) is 11.6 Å². The normalized spacial score (nSPS) is 18.1. The molecule has 1 fully saturated rings. The molecule has 3 N–H and O–H groups in total. The largest absolute Gasteiger partial charge is 0.439 e. The van der Waals surface area contributed by atoms with Crippen LogP contribution in [0, 0.1) is 6.92 Å². The lowest BCUT2D eigenvalue weighted by Crippen LogP contribution is -2.47. The van der Waals surface area contributed by atoms with Crippen molar-refractivity contribution in [2.24, 2.45) is 0 Å². The molecule has 1 saturated carbocycles. The van der Waals surface area contributed by atoms with Crippen molar-refractivity contribution < 1.29 is 14.3 Å². The highest BCUT2D eigenvalue weighted by molar-refractivity contribution is 7.21. The molecule has 0 saturated heterocycles. The van der Waals surface area contributed by atoms with Gasteiger partial charge in [-0.05, 0) is 62.9 Å². The number of halogens is 1. The Morgan fingerprint density at radius 2 is 2.00 bits per heavy atom. The number of nitrogens with zero attached hydrogens (tertiary/aromatic N) is 3. The highest BCUT2D eigenvalue weighted by Crippen LogP contribution is 2.46. The number of ether oxygens (including phenoxy) is 1. The maximum Gasteiger partial charge on any atom is 0.331 e. The van der Waals surface area contributed by atoms with Crippen LogP contribution in [-0.2, 0) is 0 Å². The molecule has 1 aromatic carbocycles. The number of hydrogen-bond acceptors (Lipinski definition) is 7. The molecule has 1 aliphatic heterocycles. The number of anilines is 3. The first-order valence-corrected chi connectivity index (χ1v) is 14.7. The number of aromatic nitrogens is 2. The van der Waals surface area contributed by atoms with E-state index in [0.717, 1.165) is 43.2 Å². The second-order valence-electron chi connectivity index (χ2n) is 9.92. The van der Waals surface area contributed by atoms with E-state index in [1.165, 1.54) is 11.3 Å². The van der Waals surface area contributed by atoms with Crippen LogP contribution in [0.4, 0.5) is 21.9 Å². The summed E-state index contributed by atoms with van der Waals surface area (Å²) in [5.41, 5.74) is 2.58. The molecule has 2 atom stereocenters. The molecule has 4 aromatic rings. The molecule has 9 nitrogen and oxygen atoms in total. The van der Waals surface area contributed by atoms with Gasteiger partial charge < -0.3 is 20.7 Å². The van der Waals surface area contributed by atoms with E-state index < -0.39 is 0 Å². The van der Waals surface area contributed by atoms with Gasteiger partial charge in [-0.1, -0.05) is 18.2 Å². The predicted molar refractivity (Wildman–Crippen MR) is 159 cm³/mol. The first kappa shape index (κ1) is 26.5. The number of alkyl halides is 1. The molecule has 0 unspecified atom stereocenters. The van der Waals surface area contributed by atoms with Crippen LogP contribution in [0.25, 0.3) is 10.2 Å². The van der Waals surface area contributed by atoms with Gasteiger partial charge in [0.25, 0.3) is 5.91 Å². The SMILES string of the molecule is Cc1cc(Oc2ccccc2)ncc1N1C(=O)Nc2c(C(=O)N[C@@H]3CCC[C@@H]3NCCCCl)sc3nccc1c23. The van der Waals surface area contributed by atoms with Gasteiger partial charge in [0.1, 0.15) is 15.5 Å². The summed E-state index contributed by atoms with van der Waals surface area (Å²) >= 11 is 7.11. The van der Waals surface area contributed by atoms with Crippen LogP contribution in [0.15, 0.2) is 54.9 Å². The van der Waals surface area contributed by atoms with Gasteiger partial charge in [0.2, 0.25) is 5.88 Å². The third-order valence-electron chi connectivity index (χ3n) is 7.27. The maximum atomic E-state index is 13.5. The third-order valence-corrected chi connectivity index (χ3v) is 8.63. The smallest absolute Gasteiger partial charge is 0.331 e. The molecule has 2 aliphatic rings. The zero-order valence-corrected chi connectivity index (χ0v) is 23.5. The van der Waals surface area contributed by atoms with Gasteiger partial charge in [0.15, 0.2) is 0 Å². The number of hydrogen-bond donors (Lipinski definition) is 3. The van der Waals surface area contributed by atoms with Crippen LogP contribution in [0.2, 0.25) is 0 Å². The zero-order valence-electron chi connectivity index (χ0n) is 21.9. The van der Waals surface area contributed by atoms with Crippen molar-refractivity contribution in [1.29, 1.82) is 0 Å². The fourth-order valence-electron chi connectivity index (χ4n) is 5.37. The summed E-state index contributed by atoms with van der Waals surface area (Å²) in [6.07, 6.45) is 7.13. The highest BCUT2D eigenvalue weighted by Gasteiger charge is 2.35. The second kappa shape index (κ2) is 11.4. The minimum atomic E-state index is -0.365. The van der Waals surface area contributed by atoms with Crippen LogP contribution >= 0.6 is 22.9 Å². The van der Waals surface area contributed by atoms with E-state index in [4.69, 9.17) is 16.3 Å². The summed E-state index contributed by atoms with van der Waals surface area (Å²) < 4.78 is 5.87. The van der Waals surface area contributed by atoms with E-state index in [2.05, 4.69) is 25.9 Å². The van der Waals surface area contributed by atoms with Gasteiger partial charge >= 0.3 is 6.03 Å². The zero-order chi connectivity index (χ0) is 27.6.